The van der Waals surface area contributed by atoms with E-state index in [0.717, 1.165) is 16.8 Å². The molecule has 0 fully saturated rings. The Labute approximate surface area is 152 Å². The van der Waals surface area contributed by atoms with Gasteiger partial charge in [0.05, 0.1) is 0 Å². The first-order valence-electron chi connectivity index (χ1n) is 8.62. The van der Waals surface area contributed by atoms with Crippen molar-refractivity contribution >= 4 is 17.6 Å². The second-order valence-electron chi connectivity index (χ2n) is 6.14. The molecule has 4 rings (SSSR count). The molecule has 4 nitrogen and oxygen atoms in total. The maximum Gasteiger partial charge on any atom is 0.350 e. The molecule has 1 unspecified atom stereocenters. The number of para-hydroxylation sites is 1. The van der Waals surface area contributed by atoms with E-state index in [-0.39, 0.29) is 12.1 Å². The highest BCUT2D eigenvalue weighted by molar-refractivity contribution is 6.13. The van der Waals surface area contributed by atoms with Crippen LogP contribution in [0.1, 0.15) is 17.2 Å². The van der Waals surface area contributed by atoms with Crippen molar-refractivity contribution < 1.29 is 4.79 Å². The second-order valence-corrected chi connectivity index (χ2v) is 6.14. The molecule has 3 aromatic carbocycles. The van der Waals surface area contributed by atoms with Crippen molar-refractivity contribution in [3.63, 3.8) is 0 Å². The van der Waals surface area contributed by atoms with Crippen molar-refractivity contribution in [1.29, 1.82) is 0 Å². The third-order valence-electron chi connectivity index (χ3n) is 4.41. The summed E-state index contributed by atoms with van der Waals surface area (Å²) in [4.78, 5) is 18.7. The number of hydrogen-bond acceptors (Lipinski definition) is 2. The summed E-state index contributed by atoms with van der Waals surface area (Å²) >= 11 is 0. The molecule has 0 radical (unpaired) electrons. The maximum atomic E-state index is 12.7. The van der Waals surface area contributed by atoms with Gasteiger partial charge in [0.25, 0.3) is 0 Å². The highest BCUT2D eigenvalue weighted by atomic mass is 16.2. The number of nitrogens with one attached hydrogen (secondary N) is 1. The first kappa shape index (κ1) is 16.1. The first-order valence-corrected chi connectivity index (χ1v) is 8.62. The van der Waals surface area contributed by atoms with Crippen LogP contribution < -0.4 is 10.2 Å². The highest BCUT2D eigenvalue weighted by Crippen LogP contribution is 2.32. The Bertz CT molecular complexity index is 908. The van der Waals surface area contributed by atoms with Gasteiger partial charge in [0, 0.05) is 12.2 Å². The zero-order valence-electron chi connectivity index (χ0n) is 14.2. The number of anilines is 1. The number of carbonyl (C=O) groups excluding carboxylic acids is 1. The van der Waals surface area contributed by atoms with E-state index in [2.05, 4.69) is 22.4 Å². The Balaban J connectivity index is 1.66. The van der Waals surface area contributed by atoms with E-state index in [1.54, 1.807) is 4.90 Å². The summed E-state index contributed by atoms with van der Waals surface area (Å²) in [6.07, 6.45) is 0. The summed E-state index contributed by atoms with van der Waals surface area (Å²) < 4.78 is 0. The number of hydrogen-bond donors (Lipinski definition) is 1. The number of amidine groups is 1. The van der Waals surface area contributed by atoms with Crippen LogP contribution in [-0.2, 0) is 6.54 Å². The van der Waals surface area contributed by atoms with Gasteiger partial charge in [-0.2, -0.15) is 4.99 Å². The number of urea groups is 1. The largest absolute Gasteiger partial charge is 0.367 e. The lowest BCUT2D eigenvalue weighted by atomic mass is 10.0. The van der Waals surface area contributed by atoms with Crippen molar-refractivity contribution in [3.05, 3.63) is 102 Å². The Hall–Kier alpha value is -3.40. The van der Waals surface area contributed by atoms with E-state index >= 15 is 0 Å². The van der Waals surface area contributed by atoms with E-state index in [0.29, 0.717) is 12.4 Å². The monoisotopic (exact) mass is 341 g/mol. The summed E-state index contributed by atoms with van der Waals surface area (Å²) in [6.45, 7) is 0.624. The molecule has 26 heavy (non-hydrogen) atoms. The average Bonchev–Trinajstić information content (AvgIpc) is 3.04. The number of benzene rings is 3. The van der Waals surface area contributed by atoms with Crippen molar-refractivity contribution in [2.75, 3.05) is 4.90 Å². The van der Waals surface area contributed by atoms with Crippen LogP contribution in [0.25, 0.3) is 0 Å². The third-order valence-corrected chi connectivity index (χ3v) is 4.41. The van der Waals surface area contributed by atoms with Gasteiger partial charge < -0.3 is 5.32 Å². The molecule has 0 aliphatic carbocycles. The number of rotatable bonds is 4. The molecule has 1 aliphatic heterocycles. The van der Waals surface area contributed by atoms with Crippen LogP contribution in [0.2, 0.25) is 0 Å². The molecule has 1 aliphatic rings. The SMILES string of the molecule is O=C1N=C(NCc2ccccc2)C(c2ccccc2)N1c1ccccc1. The molecule has 0 saturated carbocycles. The van der Waals surface area contributed by atoms with Crippen LogP contribution in [-0.4, -0.2) is 11.9 Å². The Morgan fingerprint density at radius 2 is 1.38 bits per heavy atom. The minimum absolute atomic E-state index is 0.249. The molecular weight excluding hydrogens is 322 g/mol. The number of carbonyl (C=O) groups is 1. The summed E-state index contributed by atoms with van der Waals surface area (Å²) in [6, 6.07) is 29.3. The fourth-order valence-electron chi connectivity index (χ4n) is 3.17. The minimum Gasteiger partial charge on any atom is -0.367 e. The fourth-order valence-corrected chi connectivity index (χ4v) is 3.17. The van der Waals surface area contributed by atoms with Gasteiger partial charge in [0.1, 0.15) is 11.9 Å². The topological polar surface area (TPSA) is 44.7 Å². The van der Waals surface area contributed by atoms with Gasteiger partial charge in [0.15, 0.2) is 0 Å². The number of aliphatic imine (C=N–C) groups is 1. The molecule has 0 bridgehead atoms. The molecule has 0 saturated heterocycles. The van der Waals surface area contributed by atoms with Crippen molar-refractivity contribution in [1.82, 2.24) is 5.32 Å². The maximum absolute atomic E-state index is 12.7. The minimum atomic E-state index is -0.255. The number of nitrogens with zero attached hydrogens (tertiary/aromatic N) is 2. The summed E-state index contributed by atoms with van der Waals surface area (Å²) in [5, 5.41) is 3.36. The average molecular weight is 341 g/mol. The van der Waals surface area contributed by atoms with Crippen LogP contribution >= 0.6 is 0 Å². The Morgan fingerprint density at radius 1 is 0.808 bits per heavy atom. The second kappa shape index (κ2) is 7.23. The summed E-state index contributed by atoms with van der Waals surface area (Å²) in [5.41, 5.74) is 3.01. The molecule has 0 spiro atoms. The normalized spacial score (nSPS) is 16.5. The molecule has 128 valence electrons. The molecule has 4 heteroatoms. The van der Waals surface area contributed by atoms with Crippen LogP contribution in [0.4, 0.5) is 10.5 Å². The van der Waals surface area contributed by atoms with Gasteiger partial charge in [-0.05, 0) is 23.3 Å². The molecular formula is C22H19N3O. The quantitative estimate of drug-likeness (QED) is 0.756. The van der Waals surface area contributed by atoms with Gasteiger partial charge >= 0.3 is 6.03 Å². The van der Waals surface area contributed by atoms with E-state index in [1.807, 2.05) is 78.9 Å². The van der Waals surface area contributed by atoms with E-state index in [4.69, 9.17) is 0 Å². The third kappa shape index (κ3) is 3.22. The van der Waals surface area contributed by atoms with E-state index in [1.165, 1.54) is 0 Å². The van der Waals surface area contributed by atoms with Crippen molar-refractivity contribution in [2.24, 2.45) is 4.99 Å². The Morgan fingerprint density at radius 3 is 2.04 bits per heavy atom. The lowest BCUT2D eigenvalue weighted by Gasteiger charge is -2.26. The lowest BCUT2D eigenvalue weighted by Crippen LogP contribution is -2.35. The zero-order valence-corrected chi connectivity index (χ0v) is 14.2. The van der Waals surface area contributed by atoms with Crippen molar-refractivity contribution in [2.45, 2.75) is 12.6 Å². The van der Waals surface area contributed by atoms with Crippen LogP contribution in [0.5, 0.6) is 0 Å². The molecule has 3 aromatic rings. The van der Waals surface area contributed by atoms with E-state index in [9.17, 15) is 4.79 Å². The first-order chi connectivity index (χ1) is 12.8. The van der Waals surface area contributed by atoms with E-state index < -0.39 is 0 Å². The number of amides is 2. The van der Waals surface area contributed by atoms with Crippen molar-refractivity contribution in [3.8, 4) is 0 Å². The predicted octanol–water partition coefficient (Wildman–Crippen LogP) is 4.56. The van der Waals surface area contributed by atoms with Gasteiger partial charge in [0.2, 0.25) is 0 Å². The highest BCUT2D eigenvalue weighted by Gasteiger charge is 2.36. The summed E-state index contributed by atoms with van der Waals surface area (Å²) in [5.74, 6) is 0.675. The van der Waals surface area contributed by atoms with Gasteiger partial charge in [-0.3, -0.25) is 4.90 Å². The molecule has 1 heterocycles. The molecule has 1 atom stereocenters. The van der Waals surface area contributed by atoms with Gasteiger partial charge in [-0.25, -0.2) is 4.79 Å². The van der Waals surface area contributed by atoms with Crippen LogP contribution in [0.15, 0.2) is 96.0 Å². The van der Waals surface area contributed by atoms with Gasteiger partial charge in [-0.15, -0.1) is 0 Å². The molecule has 0 aromatic heterocycles. The smallest absolute Gasteiger partial charge is 0.350 e. The molecule has 2 amide bonds. The standard InChI is InChI=1S/C22H19N3O/c26-22-24-21(23-16-17-10-4-1-5-11-17)20(18-12-6-2-7-13-18)25(22)19-14-8-3-9-15-19/h1-15,20H,16H2,(H,23,24,26). The summed E-state index contributed by atoms with van der Waals surface area (Å²) in [7, 11) is 0. The predicted molar refractivity (Wildman–Crippen MR) is 104 cm³/mol. The van der Waals surface area contributed by atoms with Crippen LogP contribution in [0.3, 0.4) is 0 Å². The lowest BCUT2D eigenvalue weighted by molar-refractivity contribution is 0.255. The van der Waals surface area contributed by atoms with Gasteiger partial charge in [-0.1, -0.05) is 78.9 Å². The Kier molecular flexibility index (Phi) is 4.48. The zero-order chi connectivity index (χ0) is 17.8. The van der Waals surface area contributed by atoms with Crippen LogP contribution in [0, 0.1) is 0 Å². The molecule has 1 N–H and O–H groups in total. The fraction of sp³-hybridized carbons (Fsp3) is 0.0909.